The van der Waals surface area contributed by atoms with Gasteiger partial charge in [-0.3, -0.25) is 19.1 Å². The molecule has 0 spiro atoms. The third kappa shape index (κ3) is 4.17. The number of rotatable bonds is 8. The van der Waals surface area contributed by atoms with Crippen molar-refractivity contribution in [2.45, 2.75) is 65.1 Å². The second-order valence-electron chi connectivity index (χ2n) is 9.67. The summed E-state index contributed by atoms with van der Waals surface area (Å²) in [5.74, 6) is 0.842. The van der Waals surface area contributed by atoms with Crippen LogP contribution in [0.1, 0.15) is 55.0 Å². The van der Waals surface area contributed by atoms with Crippen LogP contribution in [-0.4, -0.2) is 54.2 Å². The smallest absolute Gasteiger partial charge is 0.245 e. The lowest BCUT2D eigenvalue weighted by atomic mass is 9.98. The first-order valence-electron chi connectivity index (χ1n) is 12.0. The number of likely N-dealkylation sites (tertiary alicyclic amines) is 1. The molecule has 1 amide bonds. The van der Waals surface area contributed by atoms with E-state index in [0.29, 0.717) is 29.2 Å². The highest BCUT2D eigenvalue weighted by Gasteiger charge is 2.55. The average molecular weight is 472 g/mol. The van der Waals surface area contributed by atoms with E-state index in [2.05, 4.69) is 27.7 Å². The van der Waals surface area contributed by atoms with Crippen molar-refractivity contribution in [3.05, 3.63) is 54.3 Å². The number of amides is 1. The number of allylic oxidation sites excluding steroid dienone is 1. The fourth-order valence-electron chi connectivity index (χ4n) is 5.32. The van der Waals surface area contributed by atoms with Crippen molar-refractivity contribution in [3.8, 4) is 11.1 Å². The maximum absolute atomic E-state index is 13.4. The molecule has 2 fully saturated rings. The van der Waals surface area contributed by atoms with Crippen LogP contribution in [0.3, 0.4) is 0 Å². The van der Waals surface area contributed by atoms with Gasteiger partial charge in [-0.05, 0) is 68.7 Å². The molecule has 3 atom stereocenters. The predicted octanol–water partition coefficient (Wildman–Crippen LogP) is 3.70. The van der Waals surface area contributed by atoms with Crippen molar-refractivity contribution in [2.24, 2.45) is 5.92 Å². The molecule has 35 heavy (non-hydrogen) atoms. The second kappa shape index (κ2) is 8.83. The summed E-state index contributed by atoms with van der Waals surface area (Å²) in [6.45, 7) is 8.71. The third-order valence-corrected chi connectivity index (χ3v) is 7.13. The van der Waals surface area contributed by atoms with E-state index in [4.69, 9.17) is 0 Å². The molecular formula is C27H29N5O3. The molecule has 0 unspecified atom stereocenters. The largest absolute Gasteiger partial charge is 0.328 e. The van der Waals surface area contributed by atoms with Gasteiger partial charge >= 0.3 is 0 Å². The Morgan fingerprint density at radius 1 is 1.11 bits per heavy atom. The number of ketones is 2. The molecule has 1 saturated heterocycles. The molecule has 8 nitrogen and oxygen atoms in total. The number of aromatic nitrogens is 4. The van der Waals surface area contributed by atoms with Crippen LogP contribution >= 0.6 is 0 Å². The van der Waals surface area contributed by atoms with Crippen molar-refractivity contribution in [2.75, 3.05) is 0 Å². The summed E-state index contributed by atoms with van der Waals surface area (Å²) in [5, 5.41) is 5.31. The summed E-state index contributed by atoms with van der Waals surface area (Å²) >= 11 is 0. The molecule has 0 N–H and O–H groups in total. The highest BCUT2D eigenvalue weighted by Crippen LogP contribution is 2.48. The number of hydrogen-bond acceptors (Lipinski definition) is 6. The zero-order chi connectivity index (χ0) is 24.9. The lowest BCUT2D eigenvalue weighted by molar-refractivity contribution is -0.138. The van der Waals surface area contributed by atoms with Crippen LogP contribution in [-0.2, 0) is 22.6 Å². The number of fused-ring (bicyclic) bond motifs is 2. The summed E-state index contributed by atoms with van der Waals surface area (Å²) in [5.41, 5.74) is 3.81. The van der Waals surface area contributed by atoms with Gasteiger partial charge in [0.1, 0.15) is 18.1 Å². The van der Waals surface area contributed by atoms with E-state index < -0.39 is 0 Å². The van der Waals surface area contributed by atoms with Gasteiger partial charge in [0.25, 0.3) is 0 Å². The molecule has 8 heteroatoms. The highest BCUT2D eigenvalue weighted by molar-refractivity contribution is 6.07. The lowest BCUT2D eigenvalue weighted by Gasteiger charge is -2.26. The van der Waals surface area contributed by atoms with Crippen molar-refractivity contribution in [3.63, 3.8) is 0 Å². The number of nitrogens with zero attached hydrogens (tertiary/aromatic N) is 5. The summed E-state index contributed by atoms with van der Waals surface area (Å²) in [6.07, 6.45) is 8.51. The van der Waals surface area contributed by atoms with E-state index in [1.807, 2.05) is 19.1 Å². The van der Waals surface area contributed by atoms with Crippen LogP contribution in [0.25, 0.3) is 22.0 Å². The van der Waals surface area contributed by atoms with E-state index >= 15 is 0 Å². The van der Waals surface area contributed by atoms with Gasteiger partial charge in [-0.1, -0.05) is 6.08 Å². The van der Waals surface area contributed by atoms with Crippen LogP contribution < -0.4 is 0 Å². The molecule has 3 aromatic rings. The van der Waals surface area contributed by atoms with Crippen molar-refractivity contribution in [1.29, 1.82) is 0 Å². The molecule has 1 saturated carbocycles. The Morgan fingerprint density at radius 3 is 2.51 bits per heavy atom. The third-order valence-electron chi connectivity index (χ3n) is 7.13. The van der Waals surface area contributed by atoms with E-state index in [0.717, 1.165) is 41.5 Å². The van der Waals surface area contributed by atoms with E-state index in [-0.39, 0.29) is 36.1 Å². The van der Waals surface area contributed by atoms with Crippen LogP contribution in [0, 0.1) is 12.8 Å². The monoisotopic (exact) mass is 471 g/mol. The Kier molecular flexibility index (Phi) is 5.83. The Bertz CT molecular complexity index is 1360. The van der Waals surface area contributed by atoms with Crippen molar-refractivity contribution in [1.82, 2.24) is 24.6 Å². The molecule has 1 aliphatic heterocycles. The highest BCUT2D eigenvalue weighted by atomic mass is 16.2. The summed E-state index contributed by atoms with van der Waals surface area (Å²) in [6, 6.07) is 3.78. The maximum atomic E-state index is 13.4. The Balaban J connectivity index is 1.60. The zero-order valence-corrected chi connectivity index (χ0v) is 20.3. The van der Waals surface area contributed by atoms with Crippen molar-refractivity contribution >= 4 is 28.4 Å². The van der Waals surface area contributed by atoms with E-state index in [1.54, 1.807) is 28.9 Å². The van der Waals surface area contributed by atoms with E-state index in [1.165, 1.54) is 6.92 Å². The molecule has 1 aromatic carbocycles. The molecule has 180 valence electrons. The summed E-state index contributed by atoms with van der Waals surface area (Å²) in [4.78, 5) is 48.6. The van der Waals surface area contributed by atoms with Crippen LogP contribution in [0.2, 0.25) is 0 Å². The minimum Gasteiger partial charge on any atom is -0.328 e. The van der Waals surface area contributed by atoms with Crippen LogP contribution in [0.4, 0.5) is 0 Å². The Labute approximate surface area is 204 Å². The minimum atomic E-state index is -0.353. The number of carbonyl (C=O) groups excluding carboxylic acids is 3. The molecule has 2 aromatic heterocycles. The predicted molar refractivity (Wildman–Crippen MR) is 132 cm³/mol. The number of hydrogen-bond donors (Lipinski definition) is 0. The summed E-state index contributed by atoms with van der Waals surface area (Å²) < 4.78 is 1.65. The SMILES string of the molecule is C=CCCc1cc(-c2cnc(C)nc2)cc2c(C(C)=O)nn(CC(=O)N3[C@@H]4C[C@@H]4C[C@H]3C(C)=O)c12. The van der Waals surface area contributed by atoms with Gasteiger partial charge < -0.3 is 4.90 Å². The Hall–Kier alpha value is -3.68. The van der Waals surface area contributed by atoms with Gasteiger partial charge in [-0.2, -0.15) is 5.10 Å². The topological polar surface area (TPSA) is 98.1 Å². The number of piperidine rings is 1. The fourth-order valence-corrected chi connectivity index (χ4v) is 5.32. The molecule has 3 heterocycles. The lowest BCUT2D eigenvalue weighted by Crippen LogP contribution is -2.44. The number of carbonyl (C=O) groups is 3. The first-order chi connectivity index (χ1) is 16.8. The number of aryl methyl sites for hydroxylation is 2. The molecule has 0 radical (unpaired) electrons. The average Bonchev–Trinajstić information content (AvgIpc) is 3.32. The van der Waals surface area contributed by atoms with E-state index in [9.17, 15) is 14.4 Å². The van der Waals surface area contributed by atoms with Gasteiger partial charge in [0.15, 0.2) is 11.6 Å². The minimum absolute atomic E-state index is 0.00907. The molecule has 2 aliphatic rings. The first-order valence-corrected chi connectivity index (χ1v) is 12.0. The first kappa shape index (κ1) is 23.1. The van der Waals surface area contributed by atoms with Crippen LogP contribution in [0.5, 0.6) is 0 Å². The number of Topliss-reactive ketones (excluding diaryl/α,β-unsaturated/α-hetero) is 2. The van der Waals surface area contributed by atoms with Gasteiger partial charge in [-0.15, -0.1) is 6.58 Å². The normalized spacial score (nSPS) is 20.7. The standard InChI is InChI=1S/C27H29N5O3/c1-5-6-7-18-8-19(21-12-28-17(4)29-13-21)9-22-26(16(3)34)30-31(27(18)22)14-25(35)32-23(15(2)33)10-20-11-24(20)32/h5,8-9,12-13,20,23-24H,1,6-7,10-11,14H2,2-4H3/t20-,23-,24+/m0/s1. The van der Waals surface area contributed by atoms with Crippen molar-refractivity contribution < 1.29 is 14.4 Å². The number of benzene rings is 1. The maximum Gasteiger partial charge on any atom is 0.245 e. The second-order valence-corrected chi connectivity index (χ2v) is 9.67. The quantitative estimate of drug-likeness (QED) is 0.367. The van der Waals surface area contributed by atoms with Crippen LogP contribution in [0.15, 0.2) is 37.2 Å². The molecule has 5 rings (SSSR count). The summed E-state index contributed by atoms with van der Waals surface area (Å²) in [7, 11) is 0. The van der Waals surface area contributed by atoms with Gasteiger partial charge in [0.05, 0.1) is 11.6 Å². The van der Waals surface area contributed by atoms with Gasteiger partial charge in [-0.25, -0.2) is 9.97 Å². The molecule has 0 bridgehead atoms. The fraction of sp³-hybridized carbons (Fsp3) is 0.407. The van der Waals surface area contributed by atoms with Gasteiger partial charge in [0, 0.05) is 36.3 Å². The zero-order valence-electron chi connectivity index (χ0n) is 20.3. The molecule has 1 aliphatic carbocycles. The molecular weight excluding hydrogens is 442 g/mol. The Morgan fingerprint density at radius 2 is 1.86 bits per heavy atom. The van der Waals surface area contributed by atoms with Gasteiger partial charge in [0.2, 0.25) is 5.91 Å².